The lowest BCUT2D eigenvalue weighted by Crippen LogP contribution is -2.59. The largest absolute Gasteiger partial charge is 0.445 e. The van der Waals surface area contributed by atoms with E-state index in [4.69, 9.17) is 9.47 Å². The van der Waals surface area contributed by atoms with Crippen LogP contribution in [-0.2, 0) is 45.2 Å². The Labute approximate surface area is 322 Å². The number of amides is 4. The van der Waals surface area contributed by atoms with Gasteiger partial charge >= 0.3 is 12.2 Å². The lowest BCUT2D eigenvalue weighted by atomic mass is 9.97. The first kappa shape index (κ1) is 38.6. The van der Waals surface area contributed by atoms with Crippen molar-refractivity contribution in [2.24, 2.45) is 0 Å². The fourth-order valence-electron chi connectivity index (χ4n) is 6.68. The number of aryl methyl sites for hydroxylation is 1. The molecule has 0 aromatic heterocycles. The van der Waals surface area contributed by atoms with Crippen LogP contribution in [0.4, 0.5) is 15.3 Å². The molecule has 0 saturated heterocycles. The van der Waals surface area contributed by atoms with E-state index in [1.165, 1.54) is 0 Å². The third kappa shape index (κ3) is 9.69. The van der Waals surface area contributed by atoms with Crippen molar-refractivity contribution in [3.05, 3.63) is 138 Å². The number of ether oxygens (including phenoxy) is 2. The molecule has 1 aliphatic rings. The SMILES string of the molecule is CC(C)(C)OC(=O)NCc1ccccc1-c1ccc(CN2C(=O)[C@H](NC(=O)C(C)(C)NC(=O)OCc3ccccc3)CCc3c2ccc2ccccc32)cc1. The van der Waals surface area contributed by atoms with E-state index in [9.17, 15) is 19.2 Å². The second-order valence-electron chi connectivity index (χ2n) is 15.3. The Hall–Kier alpha value is -6.16. The zero-order valence-electron chi connectivity index (χ0n) is 32.0. The second kappa shape index (κ2) is 16.5. The smallest absolute Gasteiger partial charge is 0.408 e. The van der Waals surface area contributed by atoms with Crippen molar-refractivity contribution in [3.8, 4) is 11.1 Å². The van der Waals surface area contributed by atoms with Gasteiger partial charge in [0, 0.05) is 12.2 Å². The summed E-state index contributed by atoms with van der Waals surface area (Å²) in [5, 5.41) is 10.6. The highest BCUT2D eigenvalue weighted by molar-refractivity contribution is 6.04. The molecular weight excluding hydrogens is 693 g/mol. The zero-order chi connectivity index (χ0) is 39.2. The summed E-state index contributed by atoms with van der Waals surface area (Å²) in [5.41, 5.74) is 4.46. The Morgan fingerprint density at radius 3 is 2.20 bits per heavy atom. The van der Waals surface area contributed by atoms with Crippen molar-refractivity contribution in [3.63, 3.8) is 0 Å². The van der Waals surface area contributed by atoms with E-state index in [-0.39, 0.29) is 19.1 Å². The predicted octanol–water partition coefficient (Wildman–Crippen LogP) is 8.20. The van der Waals surface area contributed by atoms with Crippen LogP contribution >= 0.6 is 0 Å². The number of hydrogen-bond donors (Lipinski definition) is 3. The summed E-state index contributed by atoms with van der Waals surface area (Å²) in [5.74, 6) is -0.741. The fraction of sp³-hybridized carbons (Fsp3) is 0.289. The summed E-state index contributed by atoms with van der Waals surface area (Å²) in [4.78, 5) is 55.0. The summed E-state index contributed by atoms with van der Waals surface area (Å²) in [7, 11) is 0. The van der Waals surface area contributed by atoms with Crippen molar-refractivity contribution in [2.75, 3.05) is 4.90 Å². The minimum Gasteiger partial charge on any atom is -0.445 e. The Bertz CT molecular complexity index is 2180. The number of rotatable bonds is 10. The molecule has 0 radical (unpaired) electrons. The lowest BCUT2D eigenvalue weighted by molar-refractivity contribution is -0.131. The quantitative estimate of drug-likeness (QED) is 0.133. The molecule has 4 amide bonds. The van der Waals surface area contributed by atoms with Crippen LogP contribution < -0.4 is 20.9 Å². The number of nitrogens with one attached hydrogen (secondary N) is 3. The average molecular weight is 741 g/mol. The van der Waals surface area contributed by atoms with Gasteiger partial charge in [0.1, 0.15) is 23.8 Å². The molecule has 55 heavy (non-hydrogen) atoms. The predicted molar refractivity (Wildman–Crippen MR) is 214 cm³/mol. The summed E-state index contributed by atoms with van der Waals surface area (Å²) in [6.45, 7) is 9.27. The number of fused-ring (bicyclic) bond motifs is 3. The van der Waals surface area contributed by atoms with Crippen molar-refractivity contribution >= 4 is 40.5 Å². The van der Waals surface area contributed by atoms with E-state index in [1.54, 1.807) is 18.7 Å². The molecule has 0 bridgehead atoms. The molecule has 284 valence electrons. The normalized spacial score (nSPS) is 14.4. The topological polar surface area (TPSA) is 126 Å². The first-order chi connectivity index (χ1) is 26.3. The highest BCUT2D eigenvalue weighted by atomic mass is 16.6. The van der Waals surface area contributed by atoms with Gasteiger partial charge in [-0.3, -0.25) is 9.59 Å². The summed E-state index contributed by atoms with van der Waals surface area (Å²) >= 11 is 0. The highest BCUT2D eigenvalue weighted by Gasteiger charge is 2.37. The number of carbonyl (C=O) groups is 4. The Kier molecular flexibility index (Phi) is 11.5. The van der Waals surface area contributed by atoms with Crippen LogP contribution in [0.3, 0.4) is 0 Å². The molecule has 5 aromatic rings. The van der Waals surface area contributed by atoms with Crippen molar-refractivity contribution < 1.29 is 28.7 Å². The average Bonchev–Trinajstić information content (AvgIpc) is 3.29. The van der Waals surface area contributed by atoms with Crippen LogP contribution in [0.15, 0.2) is 115 Å². The highest BCUT2D eigenvalue weighted by Crippen LogP contribution is 2.35. The Morgan fingerprint density at radius 2 is 1.45 bits per heavy atom. The monoisotopic (exact) mass is 740 g/mol. The molecule has 10 nitrogen and oxygen atoms in total. The number of alkyl carbamates (subject to hydrolysis) is 2. The van der Waals surface area contributed by atoms with Crippen LogP contribution in [0.25, 0.3) is 21.9 Å². The molecule has 0 spiro atoms. The number of hydrogen-bond acceptors (Lipinski definition) is 6. The molecular formula is C45H48N4O6. The molecule has 3 N–H and O–H groups in total. The van der Waals surface area contributed by atoms with Crippen LogP contribution in [0.2, 0.25) is 0 Å². The maximum atomic E-state index is 14.5. The minimum absolute atomic E-state index is 0.0610. The summed E-state index contributed by atoms with van der Waals surface area (Å²) < 4.78 is 10.8. The third-order valence-corrected chi connectivity index (χ3v) is 9.50. The van der Waals surface area contributed by atoms with Gasteiger partial charge in [-0.05, 0) is 97.7 Å². The van der Waals surface area contributed by atoms with Crippen LogP contribution in [-0.4, -0.2) is 41.2 Å². The van der Waals surface area contributed by atoms with E-state index < -0.39 is 35.3 Å². The molecule has 10 heteroatoms. The van der Waals surface area contributed by atoms with Gasteiger partial charge < -0.3 is 30.3 Å². The maximum Gasteiger partial charge on any atom is 0.408 e. The lowest BCUT2D eigenvalue weighted by Gasteiger charge is -2.30. The van der Waals surface area contributed by atoms with Crippen LogP contribution in [0.1, 0.15) is 63.3 Å². The molecule has 1 atom stereocenters. The van der Waals surface area contributed by atoms with Gasteiger partial charge in [-0.25, -0.2) is 9.59 Å². The molecule has 1 aliphatic heterocycles. The van der Waals surface area contributed by atoms with Gasteiger partial charge in [-0.15, -0.1) is 0 Å². The first-order valence-corrected chi connectivity index (χ1v) is 18.5. The third-order valence-electron chi connectivity index (χ3n) is 9.50. The van der Waals surface area contributed by atoms with Crippen LogP contribution in [0.5, 0.6) is 0 Å². The van der Waals surface area contributed by atoms with Gasteiger partial charge in [0.2, 0.25) is 11.8 Å². The fourth-order valence-corrected chi connectivity index (χ4v) is 6.68. The molecule has 0 aliphatic carbocycles. The van der Waals surface area contributed by atoms with E-state index >= 15 is 0 Å². The van der Waals surface area contributed by atoms with Crippen molar-refractivity contribution in [2.45, 2.75) is 84.3 Å². The summed E-state index contributed by atoms with van der Waals surface area (Å²) in [6, 6.07) is 36.4. The van der Waals surface area contributed by atoms with Crippen molar-refractivity contribution in [1.82, 2.24) is 16.0 Å². The van der Waals surface area contributed by atoms with E-state index in [0.29, 0.717) is 19.4 Å². The van der Waals surface area contributed by atoms with Crippen molar-refractivity contribution in [1.29, 1.82) is 0 Å². The van der Waals surface area contributed by atoms with E-state index in [1.807, 2.05) is 124 Å². The first-order valence-electron chi connectivity index (χ1n) is 18.5. The molecule has 1 heterocycles. The number of nitrogens with zero attached hydrogens (tertiary/aromatic N) is 1. The number of carbonyl (C=O) groups excluding carboxylic acids is 4. The minimum atomic E-state index is -1.36. The number of benzene rings is 5. The van der Waals surface area contributed by atoms with Crippen LogP contribution in [0, 0.1) is 0 Å². The zero-order valence-corrected chi connectivity index (χ0v) is 32.0. The Morgan fingerprint density at radius 1 is 0.764 bits per heavy atom. The van der Waals surface area contributed by atoms with Gasteiger partial charge in [-0.2, -0.15) is 0 Å². The standard InChI is InChI=1S/C45H48N4O6/c1-44(2,3)55-42(52)46-27-34-16-10-11-17-35(34)33-21-19-30(20-22-33)28-49-39-26-23-32-15-9-12-18-36(32)37(39)24-25-38(40(49)50)47-41(51)45(4,5)48-43(53)54-29-31-13-7-6-8-14-31/h6-23,26,38H,24-25,27-29H2,1-5H3,(H,46,52)(H,47,51)(H,48,53)/t38-/m1/s1. The van der Waals surface area contributed by atoms with E-state index in [0.717, 1.165) is 49.8 Å². The van der Waals surface area contributed by atoms with Gasteiger partial charge in [0.15, 0.2) is 0 Å². The maximum absolute atomic E-state index is 14.5. The number of anilines is 1. The van der Waals surface area contributed by atoms with Gasteiger partial charge in [0.05, 0.1) is 6.54 Å². The van der Waals surface area contributed by atoms with Gasteiger partial charge in [-0.1, -0.05) is 109 Å². The molecule has 0 saturated carbocycles. The van der Waals surface area contributed by atoms with E-state index in [2.05, 4.69) is 28.1 Å². The molecule has 0 unspecified atom stereocenters. The summed E-state index contributed by atoms with van der Waals surface area (Å²) in [6.07, 6.45) is -0.279. The van der Waals surface area contributed by atoms with Gasteiger partial charge in [0.25, 0.3) is 0 Å². The second-order valence-corrected chi connectivity index (χ2v) is 15.3. The molecule has 5 aromatic carbocycles. The molecule has 6 rings (SSSR count). The Balaban J connectivity index is 1.20. The molecule has 0 fully saturated rings.